The van der Waals surface area contributed by atoms with E-state index in [1.54, 1.807) is 6.92 Å². The van der Waals surface area contributed by atoms with E-state index in [-0.39, 0.29) is 16.6 Å². The maximum atomic E-state index is 13.2. The van der Waals surface area contributed by atoms with Crippen molar-refractivity contribution in [1.29, 1.82) is 0 Å². The molecule has 0 aliphatic carbocycles. The summed E-state index contributed by atoms with van der Waals surface area (Å²) in [5.41, 5.74) is 1.10. The predicted molar refractivity (Wildman–Crippen MR) is 103 cm³/mol. The smallest absolute Gasteiger partial charge is 0.258 e. The maximum absolute atomic E-state index is 13.2. The molecular formula is C18H17N3O4S2. The number of aryl methyl sites for hydroxylation is 1. The van der Waals surface area contributed by atoms with Crippen LogP contribution in [-0.2, 0) is 10.0 Å². The summed E-state index contributed by atoms with van der Waals surface area (Å²) in [6.07, 6.45) is 1.42. The number of fused-ring (bicyclic) bond motifs is 1. The Kier molecular flexibility index (Phi) is 4.45. The third-order valence-corrected chi connectivity index (χ3v) is 7.82. The first kappa shape index (κ1) is 18.0. The molecule has 1 unspecified atom stereocenters. The highest BCUT2D eigenvalue weighted by atomic mass is 32.2. The minimum absolute atomic E-state index is 0.0483. The van der Waals surface area contributed by atoms with Crippen molar-refractivity contribution in [3.8, 4) is 0 Å². The molecule has 1 aliphatic heterocycles. The van der Waals surface area contributed by atoms with Gasteiger partial charge < -0.3 is 0 Å². The van der Waals surface area contributed by atoms with Crippen molar-refractivity contribution >= 4 is 37.3 Å². The Morgan fingerprint density at radius 1 is 1.26 bits per heavy atom. The molecule has 2 aromatic carbocycles. The quantitative estimate of drug-likeness (QED) is 0.484. The Morgan fingerprint density at radius 3 is 2.78 bits per heavy atom. The first-order valence-corrected chi connectivity index (χ1v) is 10.8. The van der Waals surface area contributed by atoms with Crippen molar-refractivity contribution in [1.82, 2.24) is 9.29 Å². The van der Waals surface area contributed by atoms with E-state index in [0.717, 1.165) is 27.7 Å². The second kappa shape index (κ2) is 6.66. The van der Waals surface area contributed by atoms with Crippen LogP contribution in [0.1, 0.15) is 29.5 Å². The molecule has 3 aromatic rings. The molecule has 0 N–H and O–H groups in total. The van der Waals surface area contributed by atoms with E-state index in [0.29, 0.717) is 18.5 Å². The van der Waals surface area contributed by atoms with Gasteiger partial charge in [0.05, 0.1) is 26.1 Å². The van der Waals surface area contributed by atoms with Gasteiger partial charge in [-0.1, -0.05) is 18.2 Å². The lowest BCUT2D eigenvalue weighted by Gasteiger charge is -2.22. The van der Waals surface area contributed by atoms with Gasteiger partial charge in [0, 0.05) is 18.2 Å². The lowest BCUT2D eigenvalue weighted by Crippen LogP contribution is -2.30. The van der Waals surface area contributed by atoms with Crippen LogP contribution in [0.25, 0.3) is 10.2 Å². The summed E-state index contributed by atoms with van der Waals surface area (Å²) in [7, 11) is -3.85. The van der Waals surface area contributed by atoms with Gasteiger partial charge in [0.2, 0.25) is 10.0 Å². The number of hydrogen-bond donors (Lipinski definition) is 0. The number of benzene rings is 2. The second-order valence-corrected chi connectivity index (χ2v) is 9.45. The van der Waals surface area contributed by atoms with Crippen molar-refractivity contribution in [2.24, 2.45) is 0 Å². The zero-order valence-corrected chi connectivity index (χ0v) is 16.2. The van der Waals surface area contributed by atoms with E-state index in [1.807, 2.05) is 24.3 Å². The molecular weight excluding hydrogens is 386 g/mol. The molecule has 1 aliphatic rings. The average molecular weight is 403 g/mol. The van der Waals surface area contributed by atoms with Crippen LogP contribution in [0.2, 0.25) is 0 Å². The first-order valence-electron chi connectivity index (χ1n) is 8.50. The van der Waals surface area contributed by atoms with Crippen molar-refractivity contribution in [2.75, 3.05) is 6.54 Å². The summed E-state index contributed by atoms with van der Waals surface area (Å²) < 4.78 is 28.8. The monoisotopic (exact) mass is 403 g/mol. The zero-order valence-electron chi connectivity index (χ0n) is 14.5. The van der Waals surface area contributed by atoms with E-state index in [9.17, 15) is 18.5 Å². The molecule has 0 bridgehead atoms. The number of aromatic nitrogens is 1. The molecule has 0 amide bonds. The van der Waals surface area contributed by atoms with Crippen LogP contribution in [0.4, 0.5) is 5.69 Å². The van der Waals surface area contributed by atoms with E-state index < -0.39 is 14.9 Å². The summed E-state index contributed by atoms with van der Waals surface area (Å²) in [6, 6.07) is 11.4. The Hall–Kier alpha value is -2.36. The number of nitro groups is 1. The fraction of sp³-hybridized carbons (Fsp3) is 0.278. The average Bonchev–Trinajstić information content (AvgIpc) is 3.28. The predicted octanol–water partition coefficient (Wildman–Crippen LogP) is 4.04. The zero-order chi connectivity index (χ0) is 19.2. The number of hydrogen-bond acceptors (Lipinski definition) is 6. The van der Waals surface area contributed by atoms with E-state index in [1.165, 1.54) is 27.8 Å². The van der Waals surface area contributed by atoms with Crippen LogP contribution in [0, 0.1) is 17.0 Å². The summed E-state index contributed by atoms with van der Waals surface area (Å²) >= 11 is 1.49. The summed E-state index contributed by atoms with van der Waals surface area (Å²) in [4.78, 5) is 15.2. The summed E-state index contributed by atoms with van der Waals surface area (Å²) in [5.74, 6) is 0. The first-order chi connectivity index (χ1) is 12.9. The lowest BCUT2D eigenvalue weighted by atomic mass is 10.2. The van der Waals surface area contributed by atoms with E-state index in [4.69, 9.17) is 0 Å². The highest BCUT2D eigenvalue weighted by Gasteiger charge is 2.38. The van der Waals surface area contributed by atoms with Gasteiger partial charge in [0.15, 0.2) is 0 Å². The van der Waals surface area contributed by atoms with Crippen LogP contribution >= 0.6 is 11.3 Å². The topological polar surface area (TPSA) is 93.4 Å². The Labute approximate surface area is 160 Å². The molecule has 0 radical (unpaired) electrons. The highest BCUT2D eigenvalue weighted by Crippen LogP contribution is 2.40. The number of thiazole rings is 1. The fourth-order valence-electron chi connectivity index (χ4n) is 3.39. The van der Waals surface area contributed by atoms with Crippen LogP contribution < -0.4 is 0 Å². The fourth-order valence-corrected chi connectivity index (χ4v) is 6.25. The number of para-hydroxylation sites is 1. The third kappa shape index (κ3) is 3.11. The highest BCUT2D eigenvalue weighted by molar-refractivity contribution is 7.89. The van der Waals surface area contributed by atoms with Gasteiger partial charge in [-0.2, -0.15) is 4.31 Å². The minimum Gasteiger partial charge on any atom is -0.258 e. The van der Waals surface area contributed by atoms with Gasteiger partial charge in [-0.25, -0.2) is 13.4 Å². The number of sulfonamides is 1. The largest absolute Gasteiger partial charge is 0.273 e. The van der Waals surface area contributed by atoms with Gasteiger partial charge in [-0.3, -0.25) is 10.1 Å². The molecule has 1 fully saturated rings. The number of nitrogens with zero attached hydrogens (tertiary/aromatic N) is 3. The molecule has 0 saturated carbocycles. The Morgan fingerprint density at radius 2 is 2.04 bits per heavy atom. The van der Waals surface area contributed by atoms with Crippen LogP contribution in [-0.4, -0.2) is 29.2 Å². The molecule has 4 rings (SSSR count). The van der Waals surface area contributed by atoms with Crippen molar-refractivity contribution < 1.29 is 13.3 Å². The molecule has 1 atom stereocenters. The van der Waals surface area contributed by atoms with Crippen molar-refractivity contribution in [3.05, 3.63) is 63.1 Å². The molecule has 0 spiro atoms. The molecule has 1 aromatic heterocycles. The maximum Gasteiger partial charge on any atom is 0.273 e. The molecule has 9 heteroatoms. The third-order valence-electron chi connectivity index (χ3n) is 4.78. The number of rotatable bonds is 4. The molecule has 7 nitrogen and oxygen atoms in total. The SMILES string of the molecule is Cc1ccc(S(=O)(=O)N2CCCC2c2nc3ccccc3s2)cc1[N+](=O)[O-]. The molecule has 140 valence electrons. The van der Waals surface area contributed by atoms with Crippen LogP contribution in [0.3, 0.4) is 0 Å². The molecule has 2 heterocycles. The van der Waals surface area contributed by atoms with Gasteiger partial charge in [-0.05, 0) is 38.0 Å². The molecule has 1 saturated heterocycles. The van der Waals surface area contributed by atoms with Crippen molar-refractivity contribution in [2.45, 2.75) is 30.7 Å². The Bertz CT molecular complexity index is 1110. The standard InChI is InChI=1S/C18H17N3O4S2/c1-12-8-9-13(11-16(12)21(22)23)27(24,25)20-10-4-6-15(20)18-19-14-5-2-3-7-17(14)26-18/h2-3,5,7-9,11,15H,4,6,10H2,1H3. The van der Waals surface area contributed by atoms with Crippen LogP contribution in [0.15, 0.2) is 47.4 Å². The van der Waals surface area contributed by atoms with Gasteiger partial charge in [0.1, 0.15) is 5.01 Å². The van der Waals surface area contributed by atoms with Crippen molar-refractivity contribution in [3.63, 3.8) is 0 Å². The second-order valence-electron chi connectivity index (χ2n) is 6.50. The van der Waals surface area contributed by atoms with Gasteiger partial charge in [-0.15, -0.1) is 11.3 Å². The van der Waals surface area contributed by atoms with Gasteiger partial charge in [0.25, 0.3) is 5.69 Å². The minimum atomic E-state index is -3.85. The van der Waals surface area contributed by atoms with Gasteiger partial charge >= 0.3 is 0 Å². The van der Waals surface area contributed by atoms with E-state index >= 15 is 0 Å². The van der Waals surface area contributed by atoms with Crippen LogP contribution in [0.5, 0.6) is 0 Å². The molecule has 27 heavy (non-hydrogen) atoms. The summed E-state index contributed by atoms with van der Waals surface area (Å²) in [6.45, 7) is 1.97. The number of nitro benzene ring substituents is 1. The Balaban J connectivity index is 1.74. The summed E-state index contributed by atoms with van der Waals surface area (Å²) in [5, 5.41) is 12.0. The lowest BCUT2D eigenvalue weighted by molar-refractivity contribution is -0.385. The van der Waals surface area contributed by atoms with E-state index in [2.05, 4.69) is 4.98 Å². The normalized spacial score (nSPS) is 18.2.